The average Bonchev–Trinajstić information content (AvgIpc) is 3.29. The van der Waals surface area contributed by atoms with Gasteiger partial charge < -0.3 is 5.32 Å². The average molecular weight is 351 g/mol. The lowest BCUT2D eigenvalue weighted by atomic mass is 10.2. The fraction of sp³-hybridized carbons (Fsp3) is 0.0588. The van der Waals surface area contributed by atoms with E-state index in [0.717, 1.165) is 10.6 Å². The Morgan fingerprint density at radius 2 is 2.12 bits per heavy atom. The lowest BCUT2D eigenvalue weighted by molar-refractivity contribution is -0.116. The van der Waals surface area contributed by atoms with Crippen LogP contribution in [0.2, 0.25) is 0 Å². The summed E-state index contributed by atoms with van der Waals surface area (Å²) in [5.41, 5.74) is 1.19. The van der Waals surface area contributed by atoms with Gasteiger partial charge in [-0.1, -0.05) is 18.2 Å². The van der Waals surface area contributed by atoms with Crippen LogP contribution in [0.15, 0.2) is 59.0 Å². The zero-order valence-electron chi connectivity index (χ0n) is 13.0. The first kappa shape index (κ1) is 15.3. The summed E-state index contributed by atoms with van der Waals surface area (Å²) in [7, 11) is 0. The van der Waals surface area contributed by atoms with E-state index < -0.39 is 0 Å². The van der Waals surface area contributed by atoms with E-state index >= 15 is 0 Å². The Morgan fingerprint density at radius 3 is 2.96 bits per heavy atom. The quantitative estimate of drug-likeness (QED) is 0.591. The predicted octanol–water partition coefficient (Wildman–Crippen LogP) is 2.49. The van der Waals surface area contributed by atoms with Crippen molar-refractivity contribution in [1.29, 1.82) is 0 Å². The first-order chi connectivity index (χ1) is 12.2. The van der Waals surface area contributed by atoms with E-state index in [4.69, 9.17) is 0 Å². The molecule has 0 aliphatic heterocycles. The first-order valence-corrected chi connectivity index (χ1v) is 8.42. The van der Waals surface area contributed by atoms with Crippen molar-refractivity contribution in [1.82, 2.24) is 19.7 Å². The van der Waals surface area contributed by atoms with Gasteiger partial charge in [-0.2, -0.15) is 5.10 Å². The van der Waals surface area contributed by atoms with Gasteiger partial charge in [0.1, 0.15) is 6.54 Å². The van der Waals surface area contributed by atoms with Crippen LogP contribution >= 0.6 is 11.3 Å². The number of H-pyrrole nitrogens is 1. The standard InChI is InChI=1S/C17H13N5O2S/c23-16(19-15-8-13(20-21-15)14-6-3-7-25-14)9-22-10-18-12-5-2-1-4-11(12)17(22)24/h1-8,10H,9H2,(H2,19,20,21,23). The van der Waals surface area contributed by atoms with Crippen LogP contribution in [0.3, 0.4) is 0 Å². The van der Waals surface area contributed by atoms with Gasteiger partial charge >= 0.3 is 0 Å². The van der Waals surface area contributed by atoms with Gasteiger partial charge in [0, 0.05) is 6.07 Å². The summed E-state index contributed by atoms with van der Waals surface area (Å²) in [6.45, 7) is -0.127. The highest BCUT2D eigenvalue weighted by Crippen LogP contribution is 2.24. The summed E-state index contributed by atoms with van der Waals surface area (Å²) in [5.74, 6) is 0.0682. The fourth-order valence-electron chi connectivity index (χ4n) is 2.50. The molecule has 8 heteroatoms. The molecule has 7 nitrogen and oxygen atoms in total. The molecular weight excluding hydrogens is 338 g/mol. The summed E-state index contributed by atoms with van der Waals surface area (Å²) in [6.07, 6.45) is 1.38. The van der Waals surface area contributed by atoms with Gasteiger partial charge in [0.2, 0.25) is 5.91 Å². The Labute approximate surface area is 146 Å². The SMILES string of the molecule is O=C(Cn1cnc2ccccc2c1=O)Nc1cc(-c2cccs2)[nH]n1. The number of carbonyl (C=O) groups is 1. The summed E-state index contributed by atoms with van der Waals surface area (Å²) >= 11 is 1.58. The molecule has 1 aromatic carbocycles. The molecule has 4 rings (SSSR count). The molecule has 3 heterocycles. The van der Waals surface area contributed by atoms with Gasteiger partial charge in [0.15, 0.2) is 5.82 Å². The molecule has 124 valence electrons. The predicted molar refractivity (Wildman–Crippen MR) is 96.5 cm³/mol. The molecule has 4 aromatic rings. The van der Waals surface area contributed by atoms with Crippen molar-refractivity contribution in [2.24, 2.45) is 0 Å². The molecule has 0 atom stereocenters. The smallest absolute Gasteiger partial charge is 0.261 e. The van der Waals surface area contributed by atoms with Crippen LogP contribution in [0, 0.1) is 0 Å². The van der Waals surface area contributed by atoms with Gasteiger partial charge in [-0.15, -0.1) is 11.3 Å². The van der Waals surface area contributed by atoms with Crippen LogP contribution in [0.1, 0.15) is 0 Å². The molecule has 1 amide bonds. The van der Waals surface area contributed by atoms with Crippen LogP contribution < -0.4 is 10.9 Å². The molecule has 0 saturated carbocycles. The summed E-state index contributed by atoms with van der Waals surface area (Å²) in [4.78, 5) is 29.8. The molecule has 0 bridgehead atoms. The number of benzene rings is 1. The summed E-state index contributed by atoms with van der Waals surface area (Å²) in [6, 6.07) is 12.7. The van der Waals surface area contributed by atoms with Crippen molar-refractivity contribution >= 4 is 34.0 Å². The van der Waals surface area contributed by atoms with Crippen molar-refractivity contribution in [2.75, 3.05) is 5.32 Å². The number of nitrogens with one attached hydrogen (secondary N) is 2. The largest absolute Gasteiger partial charge is 0.308 e. The molecule has 0 fully saturated rings. The van der Waals surface area contributed by atoms with E-state index in [1.807, 2.05) is 23.6 Å². The van der Waals surface area contributed by atoms with Crippen molar-refractivity contribution in [3.63, 3.8) is 0 Å². The number of aromatic amines is 1. The van der Waals surface area contributed by atoms with E-state index in [9.17, 15) is 9.59 Å². The number of fused-ring (bicyclic) bond motifs is 1. The Balaban J connectivity index is 1.51. The van der Waals surface area contributed by atoms with Crippen LogP contribution in [-0.2, 0) is 11.3 Å². The van der Waals surface area contributed by atoms with Crippen molar-refractivity contribution in [2.45, 2.75) is 6.54 Å². The number of anilines is 1. The third kappa shape index (κ3) is 3.07. The third-order valence-electron chi connectivity index (χ3n) is 3.68. The molecule has 0 unspecified atom stereocenters. The third-order valence-corrected chi connectivity index (χ3v) is 4.58. The molecule has 0 spiro atoms. The summed E-state index contributed by atoms with van der Waals surface area (Å²) < 4.78 is 1.28. The van der Waals surface area contributed by atoms with Gasteiger partial charge in [-0.25, -0.2) is 4.98 Å². The monoisotopic (exact) mass is 351 g/mol. The second-order valence-electron chi connectivity index (χ2n) is 5.39. The zero-order chi connectivity index (χ0) is 17.2. The molecule has 0 aliphatic rings. The second kappa shape index (κ2) is 6.33. The normalized spacial score (nSPS) is 10.9. The highest BCUT2D eigenvalue weighted by atomic mass is 32.1. The highest BCUT2D eigenvalue weighted by Gasteiger charge is 2.10. The Morgan fingerprint density at radius 1 is 1.24 bits per heavy atom. The van der Waals surface area contributed by atoms with Crippen LogP contribution in [0.4, 0.5) is 5.82 Å². The fourth-order valence-corrected chi connectivity index (χ4v) is 3.19. The van der Waals surface area contributed by atoms with Gasteiger partial charge in [0.05, 0.1) is 27.8 Å². The van der Waals surface area contributed by atoms with E-state index in [1.54, 1.807) is 35.6 Å². The number of amides is 1. The highest BCUT2D eigenvalue weighted by molar-refractivity contribution is 7.13. The number of aromatic nitrogens is 4. The van der Waals surface area contributed by atoms with Crippen molar-refractivity contribution in [3.8, 4) is 10.6 Å². The molecule has 3 aromatic heterocycles. The number of hydrogen-bond acceptors (Lipinski definition) is 5. The Bertz CT molecular complexity index is 1100. The number of carbonyl (C=O) groups excluding carboxylic acids is 1. The maximum absolute atomic E-state index is 12.4. The summed E-state index contributed by atoms with van der Waals surface area (Å²) in [5, 5.41) is 12.1. The number of rotatable bonds is 4. The van der Waals surface area contributed by atoms with E-state index in [-0.39, 0.29) is 18.0 Å². The minimum atomic E-state index is -0.344. The van der Waals surface area contributed by atoms with Crippen molar-refractivity contribution in [3.05, 3.63) is 64.5 Å². The van der Waals surface area contributed by atoms with Crippen molar-refractivity contribution < 1.29 is 4.79 Å². The van der Waals surface area contributed by atoms with Gasteiger partial charge in [0.25, 0.3) is 5.56 Å². The molecule has 25 heavy (non-hydrogen) atoms. The number of hydrogen-bond donors (Lipinski definition) is 2. The topological polar surface area (TPSA) is 92.7 Å². The molecule has 0 saturated heterocycles. The van der Waals surface area contributed by atoms with E-state index in [2.05, 4.69) is 20.5 Å². The maximum atomic E-state index is 12.4. The molecule has 0 radical (unpaired) electrons. The number of nitrogens with zero attached hydrogens (tertiary/aromatic N) is 3. The number of thiophene rings is 1. The lowest BCUT2D eigenvalue weighted by Gasteiger charge is -2.06. The Hall–Kier alpha value is -3.26. The van der Waals surface area contributed by atoms with Gasteiger partial charge in [-0.05, 0) is 23.6 Å². The van der Waals surface area contributed by atoms with E-state index in [1.165, 1.54) is 10.9 Å². The maximum Gasteiger partial charge on any atom is 0.261 e. The minimum Gasteiger partial charge on any atom is -0.308 e. The van der Waals surface area contributed by atoms with Crippen LogP contribution in [0.25, 0.3) is 21.5 Å². The van der Waals surface area contributed by atoms with Gasteiger partial charge in [-0.3, -0.25) is 19.3 Å². The zero-order valence-corrected chi connectivity index (χ0v) is 13.8. The molecular formula is C17H13N5O2S. The van der Waals surface area contributed by atoms with Crippen LogP contribution in [-0.4, -0.2) is 25.7 Å². The Kier molecular flexibility index (Phi) is 3.87. The number of para-hydroxylation sites is 1. The van der Waals surface area contributed by atoms with E-state index in [0.29, 0.717) is 16.7 Å². The first-order valence-electron chi connectivity index (χ1n) is 7.54. The molecule has 2 N–H and O–H groups in total. The lowest BCUT2D eigenvalue weighted by Crippen LogP contribution is -2.28. The minimum absolute atomic E-state index is 0.127. The van der Waals surface area contributed by atoms with Crippen LogP contribution in [0.5, 0.6) is 0 Å². The second-order valence-corrected chi connectivity index (χ2v) is 6.33. The molecule has 0 aliphatic carbocycles.